The predicted molar refractivity (Wildman–Crippen MR) is 77.8 cm³/mol. The first-order chi connectivity index (χ1) is 9.90. The van der Waals surface area contributed by atoms with E-state index < -0.39 is 15.8 Å². The number of aromatic nitrogens is 2. The average Bonchev–Trinajstić information content (AvgIpc) is 2.88. The number of benzene rings is 1. The second-order valence-corrected chi connectivity index (χ2v) is 6.46. The normalized spacial score (nSPS) is 11.8. The number of hydrogen-bond acceptors (Lipinski definition) is 4. The Balaban J connectivity index is 2.24. The Morgan fingerprint density at radius 3 is 2.71 bits per heavy atom. The molecule has 21 heavy (non-hydrogen) atoms. The van der Waals surface area contributed by atoms with E-state index in [1.54, 1.807) is 6.07 Å². The minimum absolute atomic E-state index is 0.0705. The van der Waals surface area contributed by atoms with Gasteiger partial charge in [0.1, 0.15) is 5.82 Å². The van der Waals surface area contributed by atoms with E-state index in [2.05, 4.69) is 20.2 Å². The molecule has 0 amide bonds. The van der Waals surface area contributed by atoms with E-state index in [1.165, 1.54) is 24.4 Å². The standard InChI is InChI=1S/C13H17FN4O2S/c1-9(2)15-7-10-8-16-17-13(10)21(19,20)18-12-6-4-3-5-11(12)14/h3-6,8-9,15,18H,7H2,1-2H3,(H,16,17). The Morgan fingerprint density at radius 2 is 2.05 bits per heavy atom. The zero-order chi connectivity index (χ0) is 15.5. The van der Waals surface area contributed by atoms with Gasteiger partial charge in [-0.05, 0) is 12.1 Å². The zero-order valence-corrected chi connectivity index (χ0v) is 12.5. The van der Waals surface area contributed by atoms with Gasteiger partial charge in [-0.2, -0.15) is 13.5 Å². The quantitative estimate of drug-likeness (QED) is 0.759. The molecular weight excluding hydrogens is 295 g/mol. The monoisotopic (exact) mass is 312 g/mol. The van der Waals surface area contributed by atoms with Crippen LogP contribution in [0.25, 0.3) is 0 Å². The van der Waals surface area contributed by atoms with Crippen LogP contribution in [-0.4, -0.2) is 24.7 Å². The van der Waals surface area contributed by atoms with Gasteiger partial charge in [-0.1, -0.05) is 26.0 Å². The molecule has 0 spiro atoms. The lowest BCUT2D eigenvalue weighted by atomic mass is 10.3. The molecule has 0 saturated carbocycles. The van der Waals surface area contributed by atoms with Crippen molar-refractivity contribution in [2.75, 3.05) is 4.72 Å². The molecule has 0 atom stereocenters. The van der Waals surface area contributed by atoms with Crippen LogP contribution in [0.1, 0.15) is 19.4 Å². The van der Waals surface area contributed by atoms with E-state index in [9.17, 15) is 12.8 Å². The molecular formula is C13H17FN4O2S. The fourth-order valence-corrected chi connectivity index (χ4v) is 2.91. The Kier molecular flexibility index (Phi) is 4.59. The van der Waals surface area contributed by atoms with Gasteiger partial charge in [-0.3, -0.25) is 9.82 Å². The van der Waals surface area contributed by atoms with Crippen molar-refractivity contribution < 1.29 is 12.8 Å². The molecule has 0 bridgehead atoms. The fraction of sp³-hybridized carbons (Fsp3) is 0.308. The number of H-pyrrole nitrogens is 1. The highest BCUT2D eigenvalue weighted by Gasteiger charge is 2.22. The molecule has 0 fully saturated rings. The molecule has 6 nitrogen and oxygen atoms in total. The molecule has 8 heteroatoms. The van der Waals surface area contributed by atoms with E-state index in [0.717, 1.165) is 0 Å². The molecule has 0 aliphatic carbocycles. The summed E-state index contributed by atoms with van der Waals surface area (Å²) in [5.74, 6) is -0.637. The van der Waals surface area contributed by atoms with E-state index in [0.29, 0.717) is 12.1 Å². The summed E-state index contributed by atoms with van der Waals surface area (Å²) < 4.78 is 40.4. The Labute approximate surface area is 122 Å². The minimum Gasteiger partial charge on any atom is -0.310 e. The van der Waals surface area contributed by atoms with E-state index >= 15 is 0 Å². The van der Waals surface area contributed by atoms with Gasteiger partial charge in [0.05, 0.1) is 11.9 Å². The van der Waals surface area contributed by atoms with Gasteiger partial charge in [-0.25, -0.2) is 4.39 Å². The van der Waals surface area contributed by atoms with Crippen molar-refractivity contribution in [3.63, 3.8) is 0 Å². The van der Waals surface area contributed by atoms with Crippen molar-refractivity contribution in [3.8, 4) is 0 Å². The van der Waals surface area contributed by atoms with Gasteiger partial charge >= 0.3 is 0 Å². The van der Waals surface area contributed by atoms with Crippen LogP contribution in [0.3, 0.4) is 0 Å². The number of sulfonamides is 1. The molecule has 0 unspecified atom stereocenters. The second-order valence-electron chi connectivity index (χ2n) is 4.85. The summed E-state index contributed by atoms with van der Waals surface area (Å²) in [6, 6.07) is 5.78. The summed E-state index contributed by atoms with van der Waals surface area (Å²) in [5.41, 5.74) is 0.391. The van der Waals surface area contributed by atoms with Gasteiger partial charge < -0.3 is 5.32 Å². The molecule has 114 valence electrons. The van der Waals surface area contributed by atoms with Crippen LogP contribution in [0.2, 0.25) is 0 Å². The van der Waals surface area contributed by atoms with Crippen molar-refractivity contribution in [2.45, 2.75) is 31.5 Å². The van der Waals surface area contributed by atoms with Crippen LogP contribution < -0.4 is 10.0 Å². The van der Waals surface area contributed by atoms with Gasteiger partial charge in [0.15, 0.2) is 5.03 Å². The smallest absolute Gasteiger partial charge is 0.279 e. The third-order valence-corrected chi connectivity index (χ3v) is 4.15. The van der Waals surface area contributed by atoms with Crippen molar-refractivity contribution >= 4 is 15.7 Å². The summed E-state index contributed by atoms with van der Waals surface area (Å²) >= 11 is 0. The molecule has 3 N–H and O–H groups in total. The highest BCUT2D eigenvalue weighted by molar-refractivity contribution is 7.92. The zero-order valence-electron chi connectivity index (χ0n) is 11.7. The van der Waals surface area contributed by atoms with Crippen molar-refractivity contribution in [3.05, 3.63) is 41.8 Å². The van der Waals surface area contributed by atoms with Crippen LogP contribution in [0.4, 0.5) is 10.1 Å². The predicted octanol–water partition coefficient (Wildman–Crippen LogP) is 1.85. The minimum atomic E-state index is -3.92. The lowest BCUT2D eigenvalue weighted by molar-refractivity contribution is 0.574. The summed E-state index contributed by atoms with van der Waals surface area (Å²) in [6.45, 7) is 4.25. The first kappa shape index (κ1) is 15.5. The van der Waals surface area contributed by atoms with Crippen LogP contribution in [0.5, 0.6) is 0 Å². The molecule has 0 aliphatic rings. The number of rotatable bonds is 6. The number of anilines is 1. The first-order valence-electron chi connectivity index (χ1n) is 6.43. The third-order valence-electron chi connectivity index (χ3n) is 2.77. The maximum atomic E-state index is 13.6. The Bertz CT molecular complexity index is 712. The van der Waals surface area contributed by atoms with Crippen molar-refractivity contribution in [2.24, 2.45) is 0 Å². The van der Waals surface area contributed by atoms with E-state index in [4.69, 9.17) is 0 Å². The van der Waals surface area contributed by atoms with Gasteiger partial charge in [0.25, 0.3) is 10.0 Å². The topological polar surface area (TPSA) is 86.9 Å². The number of nitrogens with one attached hydrogen (secondary N) is 3. The molecule has 2 rings (SSSR count). The molecule has 0 radical (unpaired) electrons. The maximum absolute atomic E-state index is 13.6. The first-order valence-corrected chi connectivity index (χ1v) is 7.91. The summed E-state index contributed by atoms with van der Waals surface area (Å²) in [5, 5.41) is 9.24. The summed E-state index contributed by atoms with van der Waals surface area (Å²) in [6.07, 6.45) is 1.44. The van der Waals surface area contributed by atoms with Crippen LogP contribution in [0, 0.1) is 5.82 Å². The lowest BCUT2D eigenvalue weighted by Crippen LogP contribution is -2.23. The fourth-order valence-electron chi connectivity index (χ4n) is 1.71. The number of aromatic amines is 1. The third kappa shape index (κ3) is 3.79. The largest absolute Gasteiger partial charge is 0.310 e. The molecule has 1 heterocycles. The Morgan fingerprint density at radius 1 is 1.33 bits per heavy atom. The lowest BCUT2D eigenvalue weighted by Gasteiger charge is -2.10. The molecule has 0 aliphatic heterocycles. The van der Waals surface area contributed by atoms with Crippen LogP contribution >= 0.6 is 0 Å². The second kappa shape index (κ2) is 6.23. The molecule has 0 saturated heterocycles. The van der Waals surface area contributed by atoms with Gasteiger partial charge in [0, 0.05) is 18.2 Å². The van der Waals surface area contributed by atoms with E-state index in [1.807, 2.05) is 13.8 Å². The Hall–Kier alpha value is -1.93. The molecule has 1 aromatic carbocycles. The number of halogens is 1. The van der Waals surface area contributed by atoms with Gasteiger partial charge in [0.2, 0.25) is 0 Å². The SMILES string of the molecule is CC(C)NCc1cn[nH]c1S(=O)(=O)Nc1ccccc1F. The number of nitrogens with zero attached hydrogens (tertiary/aromatic N) is 1. The highest BCUT2D eigenvalue weighted by atomic mass is 32.2. The summed E-state index contributed by atoms with van der Waals surface area (Å²) in [4.78, 5) is 0. The van der Waals surface area contributed by atoms with Crippen molar-refractivity contribution in [1.29, 1.82) is 0 Å². The van der Waals surface area contributed by atoms with Gasteiger partial charge in [-0.15, -0.1) is 0 Å². The summed E-state index contributed by atoms with van der Waals surface area (Å²) in [7, 11) is -3.92. The number of para-hydroxylation sites is 1. The number of hydrogen-bond donors (Lipinski definition) is 3. The van der Waals surface area contributed by atoms with Crippen LogP contribution in [-0.2, 0) is 16.6 Å². The highest BCUT2D eigenvalue weighted by Crippen LogP contribution is 2.19. The average molecular weight is 312 g/mol. The molecule has 2 aromatic rings. The van der Waals surface area contributed by atoms with E-state index in [-0.39, 0.29) is 16.8 Å². The van der Waals surface area contributed by atoms with Crippen LogP contribution in [0.15, 0.2) is 35.5 Å². The maximum Gasteiger partial charge on any atom is 0.279 e. The molecule has 1 aromatic heterocycles. The van der Waals surface area contributed by atoms with Crippen molar-refractivity contribution in [1.82, 2.24) is 15.5 Å².